The van der Waals surface area contributed by atoms with Crippen LogP contribution in [-0.2, 0) is 6.73 Å². The third-order valence-corrected chi connectivity index (χ3v) is 4.21. The summed E-state index contributed by atoms with van der Waals surface area (Å²) in [6, 6.07) is 12.5. The molecule has 0 saturated heterocycles. The van der Waals surface area contributed by atoms with Gasteiger partial charge in [-0.1, -0.05) is 15.9 Å². The topological polar surface area (TPSA) is 74.6 Å². The molecule has 0 aliphatic rings. The summed E-state index contributed by atoms with van der Waals surface area (Å²) in [6.07, 6.45) is 3.24. The Balaban J connectivity index is 1.63. The number of ether oxygens (including phenoxy) is 3. The van der Waals surface area contributed by atoms with Crippen LogP contribution < -0.4 is 19.5 Å². The minimum Gasteiger partial charge on any atom is -0.497 e. The van der Waals surface area contributed by atoms with E-state index >= 15 is 0 Å². The molecular formula is C19H18BrN3O4. The fourth-order valence-electron chi connectivity index (χ4n) is 2.31. The van der Waals surface area contributed by atoms with Crippen LogP contribution in [0.4, 0.5) is 5.69 Å². The third kappa shape index (κ3) is 5.01. The number of nitrogens with one attached hydrogen (secondary N) is 1. The monoisotopic (exact) mass is 431 g/mol. The highest BCUT2D eigenvalue weighted by Crippen LogP contribution is 2.23. The van der Waals surface area contributed by atoms with Crippen molar-refractivity contribution in [3.63, 3.8) is 0 Å². The van der Waals surface area contributed by atoms with Crippen LogP contribution in [0.1, 0.15) is 10.4 Å². The molecule has 0 bridgehead atoms. The van der Waals surface area contributed by atoms with Gasteiger partial charge in [0.05, 0.1) is 32.3 Å². The van der Waals surface area contributed by atoms with E-state index in [1.54, 1.807) is 35.3 Å². The SMILES string of the molecule is COc1cc(OC)cc(C(=O)Nc2cnn(COc3ccc(Br)cc3)c2)c1. The highest BCUT2D eigenvalue weighted by Gasteiger charge is 2.11. The Morgan fingerprint density at radius 2 is 1.74 bits per heavy atom. The molecule has 2 aromatic carbocycles. The molecular weight excluding hydrogens is 414 g/mol. The summed E-state index contributed by atoms with van der Waals surface area (Å²) >= 11 is 3.38. The Kier molecular flexibility index (Phi) is 5.97. The van der Waals surface area contributed by atoms with Gasteiger partial charge in [0, 0.05) is 16.1 Å². The van der Waals surface area contributed by atoms with Crippen molar-refractivity contribution in [3.05, 3.63) is 64.9 Å². The van der Waals surface area contributed by atoms with Crippen molar-refractivity contribution < 1.29 is 19.0 Å². The Labute approximate surface area is 165 Å². The molecule has 1 amide bonds. The lowest BCUT2D eigenvalue weighted by Gasteiger charge is -2.08. The number of hydrogen-bond donors (Lipinski definition) is 1. The molecule has 0 spiro atoms. The fourth-order valence-corrected chi connectivity index (χ4v) is 2.58. The zero-order valence-corrected chi connectivity index (χ0v) is 16.4. The van der Waals surface area contributed by atoms with E-state index < -0.39 is 0 Å². The van der Waals surface area contributed by atoms with Gasteiger partial charge < -0.3 is 19.5 Å². The molecule has 0 aliphatic carbocycles. The maximum absolute atomic E-state index is 12.5. The van der Waals surface area contributed by atoms with Crippen LogP contribution in [0.3, 0.4) is 0 Å². The minimum atomic E-state index is -0.291. The quantitative estimate of drug-likeness (QED) is 0.612. The molecule has 1 N–H and O–H groups in total. The summed E-state index contributed by atoms with van der Waals surface area (Å²) in [5.74, 6) is 1.51. The van der Waals surface area contributed by atoms with E-state index in [0.717, 1.165) is 10.2 Å². The lowest BCUT2D eigenvalue weighted by atomic mass is 10.2. The number of anilines is 1. The maximum atomic E-state index is 12.5. The molecule has 0 fully saturated rings. The molecule has 1 heterocycles. The van der Waals surface area contributed by atoms with Crippen LogP contribution >= 0.6 is 15.9 Å². The van der Waals surface area contributed by atoms with Crippen molar-refractivity contribution >= 4 is 27.5 Å². The molecule has 0 unspecified atom stereocenters. The van der Waals surface area contributed by atoms with Gasteiger partial charge in [0.1, 0.15) is 17.2 Å². The predicted molar refractivity (Wildman–Crippen MR) is 104 cm³/mol. The van der Waals surface area contributed by atoms with Gasteiger partial charge >= 0.3 is 0 Å². The number of rotatable bonds is 7. The Morgan fingerprint density at radius 3 is 2.37 bits per heavy atom. The van der Waals surface area contributed by atoms with Crippen LogP contribution in [0.15, 0.2) is 59.3 Å². The van der Waals surface area contributed by atoms with Crippen molar-refractivity contribution in [3.8, 4) is 17.2 Å². The molecule has 8 heteroatoms. The van der Waals surface area contributed by atoms with E-state index in [2.05, 4.69) is 26.3 Å². The normalized spacial score (nSPS) is 10.3. The Morgan fingerprint density at radius 1 is 1.07 bits per heavy atom. The van der Waals surface area contributed by atoms with Crippen LogP contribution in [0.5, 0.6) is 17.2 Å². The predicted octanol–water partition coefficient (Wildman–Crippen LogP) is 3.95. The lowest BCUT2D eigenvalue weighted by Crippen LogP contribution is -2.12. The van der Waals surface area contributed by atoms with Gasteiger partial charge in [-0.2, -0.15) is 5.10 Å². The van der Waals surface area contributed by atoms with E-state index in [-0.39, 0.29) is 12.6 Å². The second-order valence-electron chi connectivity index (χ2n) is 5.55. The Bertz CT molecular complexity index is 903. The second-order valence-corrected chi connectivity index (χ2v) is 6.47. The summed E-state index contributed by atoms with van der Waals surface area (Å²) in [5.41, 5.74) is 0.978. The standard InChI is InChI=1S/C19H18BrN3O4/c1-25-17-7-13(8-18(9-17)26-2)19(24)22-15-10-21-23(11-15)12-27-16-5-3-14(20)4-6-16/h3-11H,12H2,1-2H3,(H,22,24). The average Bonchev–Trinajstić information content (AvgIpc) is 3.14. The minimum absolute atomic E-state index is 0.227. The number of benzene rings is 2. The number of amides is 1. The number of hydrogen-bond acceptors (Lipinski definition) is 5. The van der Waals surface area contributed by atoms with E-state index in [1.807, 2.05) is 24.3 Å². The van der Waals surface area contributed by atoms with Gasteiger partial charge in [-0.15, -0.1) is 0 Å². The van der Waals surface area contributed by atoms with Gasteiger partial charge in [-0.25, -0.2) is 4.68 Å². The van der Waals surface area contributed by atoms with Crippen molar-refractivity contribution in [1.82, 2.24) is 9.78 Å². The van der Waals surface area contributed by atoms with Crippen LogP contribution in [0.2, 0.25) is 0 Å². The molecule has 7 nitrogen and oxygen atoms in total. The smallest absolute Gasteiger partial charge is 0.256 e. The van der Waals surface area contributed by atoms with Gasteiger partial charge in [0.2, 0.25) is 0 Å². The molecule has 0 saturated carbocycles. The number of halogens is 1. The molecule has 140 valence electrons. The van der Waals surface area contributed by atoms with E-state index in [4.69, 9.17) is 14.2 Å². The molecule has 3 aromatic rings. The van der Waals surface area contributed by atoms with Crippen LogP contribution in [0, 0.1) is 0 Å². The summed E-state index contributed by atoms with van der Waals surface area (Å²) in [5, 5.41) is 6.97. The highest BCUT2D eigenvalue weighted by molar-refractivity contribution is 9.10. The zero-order chi connectivity index (χ0) is 19.2. The van der Waals surface area contributed by atoms with Crippen molar-refractivity contribution in [2.24, 2.45) is 0 Å². The number of methoxy groups -OCH3 is 2. The first kappa shape index (κ1) is 18.8. The molecule has 0 aliphatic heterocycles. The highest BCUT2D eigenvalue weighted by atomic mass is 79.9. The second kappa shape index (κ2) is 8.59. The average molecular weight is 432 g/mol. The fraction of sp³-hybridized carbons (Fsp3) is 0.158. The van der Waals surface area contributed by atoms with E-state index in [9.17, 15) is 4.79 Å². The summed E-state index contributed by atoms with van der Waals surface area (Å²) in [6.45, 7) is 0.227. The Hall–Kier alpha value is -3.00. The molecule has 0 radical (unpaired) electrons. The molecule has 0 atom stereocenters. The third-order valence-electron chi connectivity index (χ3n) is 3.68. The first-order chi connectivity index (χ1) is 13.1. The largest absolute Gasteiger partial charge is 0.497 e. The van der Waals surface area contributed by atoms with Crippen molar-refractivity contribution in [2.45, 2.75) is 6.73 Å². The first-order valence-corrected chi connectivity index (χ1v) is 8.82. The van der Waals surface area contributed by atoms with Gasteiger partial charge in [0.15, 0.2) is 6.73 Å². The molecule has 27 heavy (non-hydrogen) atoms. The number of aromatic nitrogens is 2. The number of carbonyl (C=O) groups is 1. The van der Waals surface area contributed by atoms with Gasteiger partial charge in [0.25, 0.3) is 5.91 Å². The number of nitrogens with zero attached hydrogens (tertiary/aromatic N) is 2. The summed E-state index contributed by atoms with van der Waals surface area (Å²) < 4.78 is 18.6. The van der Waals surface area contributed by atoms with Crippen molar-refractivity contribution in [1.29, 1.82) is 0 Å². The number of carbonyl (C=O) groups excluding carboxylic acids is 1. The van der Waals surface area contributed by atoms with Gasteiger partial charge in [-0.3, -0.25) is 4.79 Å². The van der Waals surface area contributed by atoms with Crippen LogP contribution in [-0.4, -0.2) is 29.9 Å². The van der Waals surface area contributed by atoms with Crippen molar-refractivity contribution in [2.75, 3.05) is 19.5 Å². The van der Waals surface area contributed by atoms with Crippen LogP contribution in [0.25, 0.3) is 0 Å². The maximum Gasteiger partial charge on any atom is 0.256 e. The molecule has 1 aromatic heterocycles. The summed E-state index contributed by atoms with van der Waals surface area (Å²) in [4.78, 5) is 12.5. The zero-order valence-electron chi connectivity index (χ0n) is 14.8. The molecule has 3 rings (SSSR count). The van der Waals surface area contributed by atoms with Gasteiger partial charge in [-0.05, 0) is 36.4 Å². The first-order valence-electron chi connectivity index (χ1n) is 8.02. The van der Waals surface area contributed by atoms with E-state index in [0.29, 0.717) is 22.7 Å². The lowest BCUT2D eigenvalue weighted by molar-refractivity contribution is 0.102. The van der Waals surface area contributed by atoms with E-state index in [1.165, 1.54) is 14.2 Å². The summed E-state index contributed by atoms with van der Waals surface area (Å²) in [7, 11) is 3.07.